The van der Waals surface area contributed by atoms with Gasteiger partial charge < -0.3 is 9.67 Å². The van der Waals surface area contributed by atoms with Crippen LogP contribution in [0.2, 0.25) is 10.0 Å². The molecule has 0 saturated carbocycles. The van der Waals surface area contributed by atoms with Gasteiger partial charge >= 0.3 is 0 Å². The van der Waals surface area contributed by atoms with Crippen LogP contribution in [0.1, 0.15) is 30.2 Å². The third-order valence-electron chi connectivity index (χ3n) is 3.40. The number of aliphatic hydroxyl groups is 1. The highest BCUT2D eigenvalue weighted by molar-refractivity contribution is 6.34. The Balaban J connectivity index is 2.12. The Morgan fingerprint density at radius 3 is 2.61 bits per heavy atom. The van der Waals surface area contributed by atoms with Crippen LogP contribution in [-0.4, -0.2) is 9.67 Å². The fraction of sp³-hybridized carbons (Fsp3) is 0.286. The molecular formula is C14H13Cl2NO. The van der Waals surface area contributed by atoms with Crippen LogP contribution in [-0.2, 0) is 6.42 Å². The van der Waals surface area contributed by atoms with Crippen LogP contribution in [0.3, 0.4) is 0 Å². The van der Waals surface area contributed by atoms with Crippen LogP contribution in [0, 0.1) is 0 Å². The summed E-state index contributed by atoms with van der Waals surface area (Å²) in [6.45, 7) is 0. The van der Waals surface area contributed by atoms with Crippen molar-refractivity contribution in [2.45, 2.75) is 25.4 Å². The first-order chi connectivity index (χ1) is 8.65. The van der Waals surface area contributed by atoms with Gasteiger partial charge in [-0.25, -0.2) is 0 Å². The van der Waals surface area contributed by atoms with Gasteiger partial charge in [0, 0.05) is 33.2 Å². The Labute approximate surface area is 116 Å². The summed E-state index contributed by atoms with van der Waals surface area (Å²) in [5, 5.41) is 11.2. The Morgan fingerprint density at radius 2 is 1.89 bits per heavy atom. The molecule has 1 aromatic carbocycles. The summed E-state index contributed by atoms with van der Waals surface area (Å²) in [5.74, 6) is 0. The second-order valence-corrected chi connectivity index (χ2v) is 5.50. The lowest BCUT2D eigenvalue weighted by atomic mass is 9.95. The van der Waals surface area contributed by atoms with E-state index in [1.807, 2.05) is 24.4 Å². The van der Waals surface area contributed by atoms with Gasteiger partial charge in [-0.15, -0.1) is 0 Å². The van der Waals surface area contributed by atoms with Gasteiger partial charge in [-0.05, 0) is 43.5 Å². The van der Waals surface area contributed by atoms with Crippen LogP contribution in [0.15, 0.2) is 30.5 Å². The van der Waals surface area contributed by atoms with Gasteiger partial charge in [0.2, 0.25) is 0 Å². The zero-order valence-corrected chi connectivity index (χ0v) is 11.2. The number of benzene rings is 1. The summed E-state index contributed by atoms with van der Waals surface area (Å²) in [4.78, 5) is 0. The van der Waals surface area contributed by atoms with Crippen molar-refractivity contribution in [3.05, 3.63) is 51.8 Å². The van der Waals surface area contributed by atoms with Crippen LogP contribution in [0.25, 0.3) is 5.69 Å². The van der Waals surface area contributed by atoms with Gasteiger partial charge in [-0.1, -0.05) is 23.2 Å². The smallest absolute Gasteiger partial charge is 0.0807 e. The van der Waals surface area contributed by atoms with Crippen molar-refractivity contribution in [1.29, 1.82) is 0 Å². The number of aliphatic hydroxyl groups excluding tert-OH is 1. The number of fused-ring (bicyclic) bond motifs is 1. The molecule has 0 saturated heterocycles. The minimum Gasteiger partial charge on any atom is -0.388 e. The third kappa shape index (κ3) is 2.05. The first-order valence-electron chi connectivity index (χ1n) is 6.00. The van der Waals surface area contributed by atoms with Crippen molar-refractivity contribution in [3.63, 3.8) is 0 Å². The molecule has 4 heteroatoms. The average molecular weight is 282 g/mol. The summed E-state index contributed by atoms with van der Waals surface area (Å²) in [7, 11) is 0. The number of hydrogen-bond acceptors (Lipinski definition) is 1. The largest absolute Gasteiger partial charge is 0.388 e. The maximum absolute atomic E-state index is 9.97. The molecule has 1 atom stereocenters. The van der Waals surface area contributed by atoms with Crippen molar-refractivity contribution in [2.24, 2.45) is 0 Å². The van der Waals surface area contributed by atoms with Crippen molar-refractivity contribution in [2.75, 3.05) is 0 Å². The maximum atomic E-state index is 9.97. The normalized spacial score (nSPS) is 18.7. The Bertz CT molecular complexity index is 571. The average Bonchev–Trinajstić information content (AvgIpc) is 2.73. The predicted octanol–water partition coefficient (Wildman–Crippen LogP) is 4.15. The summed E-state index contributed by atoms with van der Waals surface area (Å²) < 4.78 is 2.06. The molecule has 3 rings (SSSR count). The molecule has 1 aliphatic rings. The van der Waals surface area contributed by atoms with Crippen molar-refractivity contribution in [3.8, 4) is 5.69 Å². The molecule has 1 aliphatic carbocycles. The monoisotopic (exact) mass is 281 g/mol. The lowest BCUT2D eigenvalue weighted by Crippen LogP contribution is -2.10. The summed E-state index contributed by atoms with van der Waals surface area (Å²) in [6.07, 6.45) is 4.45. The van der Waals surface area contributed by atoms with Gasteiger partial charge in [-0.3, -0.25) is 0 Å². The van der Waals surface area contributed by atoms with E-state index in [0.717, 1.165) is 36.2 Å². The van der Waals surface area contributed by atoms with E-state index >= 15 is 0 Å². The molecule has 18 heavy (non-hydrogen) atoms. The molecule has 1 aromatic heterocycles. The highest BCUT2D eigenvalue weighted by Gasteiger charge is 2.21. The zero-order chi connectivity index (χ0) is 12.7. The van der Waals surface area contributed by atoms with Gasteiger partial charge in [0.05, 0.1) is 6.10 Å². The molecule has 1 N–H and O–H groups in total. The van der Waals surface area contributed by atoms with Gasteiger partial charge in [0.25, 0.3) is 0 Å². The van der Waals surface area contributed by atoms with E-state index in [-0.39, 0.29) is 6.10 Å². The number of aromatic nitrogens is 1. The quantitative estimate of drug-likeness (QED) is 0.835. The molecule has 2 nitrogen and oxygen atoms in total. The topological polar surface area (TPSA) is 25.2 Å². The van der Waals surface area contributed by atoms with Gasteiger partial charge in [-0.2, -0.15) is 0 Å². The van der Waals surface area contributed by atoms with E-state index in [1.165, 1.54) is 0 Å². The van der Waals surface area contributed by atoms with Crippen LogP contribution in [0.4, 0.5) is 0 Å². The maximum Gasteiger partial charge on any atom is 0.0807 e. The summed E-state index contributed by atoms with van der Waals surface area (Å²) in [6, 6.07) is 7.47. The Morgan fingerprint density at radius 1 is 1.17 bits per heavy atom. The standard InChI is InChI=1S/C14H13Cl2NO/c15-9-6-10(16)8-11(7-9)17-5-4-12-13(17)2-1-3-14(12)18/h4-8,14,18H,1-3H2. The van der Waals surface area contributed by atoms with Crippen molar-refractivity contribution < 1.29 is 5.11 Å². The molecular weight excluding hydrogens is 269 g/mol. The lowest BCUT2D eigenvalue weighted by molar-refractivity contribution is 0.156. The number of rotatable bonds is 1. The zero-order valence-electron chi connectivity index (χ0n) is 9.74. The summed E-state index contributed by atoms with van der Waals surface area (Å²) in [5.41, 5.74) is 3.13. The SMILES string of the molecule is OC1CCCc2c1ccn2-c1cc(Cl)cc(Cl)c1. The molecule has 1 heterocycles. The highest BCUT2D eigenvalue weighted by Crippen LogP contribution is 2.33. The van der Waals surface area contributed by atoms with Crippen LogP contribution < -0.4 is 0 Å². The minimum absolute atomic E-state index is 0.343. The predicted molar refractivity (Wildman–Crippen MR) is 73.7 cm³/mol. The molecule has 0 amide bonds. The molecule has 2 aromatic rings. The third-order valence-corrected chi connectivity index (χ3v) is 3.84. The van der Waals surface area contributed by atoms with Crippen LogP contribution in [0.5, 0.6) is 0 Å². The second kappa shape index (κ2) is 4.61. The molecule has 0 aliphatic heterocycles. The molecule has 0 fully saturated rings. The molecule has 1 unspecified atom stereocenters. The minimum atomic E-state index is -0.343. The number of halogens is 2. The van der Waals surface area contributed by atoms with Gasteiger partial charge in [0.15, 0.2) is 0 Å². The Hall–Kier alpha value is -0.960. The fourth-order valence-electron chi connectivity index (χ4n) is 2.59. The van der Waals surface area contributed by atoms with E-state index in [0.29, 0.717) is 10.0 Å². The van der Waals surface area contributed by atoms with Crippen LogP contribution >= 0.6 is 23.2 Å². The van der Waals surface area contributed by atoms with E-state index in [2.05, 4.69) is 4.57 Å². The van der Waals surface area contributed by atoms with Gasteiger partial charge in [0.1, 0.15) is 0 Å². The second-order valence-electron chi connectivity index (χ2n) is 4.62. The number of nitrogens with zero attached hydrogens (tertiary/aromatic N) is 1. The first-order valence-corrected chi connectivity index (χ1v) is 6.75. The molecule has 0 radical (unpaired) electrons. The van der Waals surface area contributed by atoms with E-state index in [9.17, 15) is 5.11 Å². The number of hydrogen-bond donors (Lipinski definition) is 1. The lowest BCUT2D eigenvalue weighted by Gasteiger charge is -2.20. The van der Waals surface area contributed by atoms with E-state index in [1.54, 1.807) is 6.07 Å². The molecule has 0 bridgehead atoms. The highest BCUT2D eigenvalue weighted by atomic mass is 35.5. The molecule has 94 valence electrons. The molecule has 0 spiro atoms. The summed E-state index contributed by atoms with van der Waals surface area (Å²) >= 11 is 12.1. The fourth-order valence-corrected chi connectivity index (χ4v) is 3.10. The van der Waals surface area contributed by atoms with E-state index in [4.69, 9.17) is 23.2 Å². The van der Waals surface area contributed by atoms with Crippen molar-refractivity contribution >= 4 is 23.2 Å². The van der Waals surface area contributed by atoms with E-state index < -0.39 is 0 Å². The Kier molecular flexibility index (Phi) is 3.10. The van der Waals surface area contributed by atoms with Crippen molar-refractivity contribution in [1.82, 2.24) is 4.57 Å². The first kappa shape index (κ1) is 12.1.